The molecule has 0 radical (unpaired) electrons. The molecule has 8 nitrogen and oxygen atoms in total. The highest BCUT2D eigenvalue weighted by Crippen LogP contribution is 2.34. The van der Waals surface area contributed by atoms with Gasteiger partial charge >= 0.3 is 0 Å². The lowest BCUT2D eigenvalue weighted by Gasteiger charge is -2.29. The smallest absolute Gasteiger partial charge is 0.256 e. The Balaban J connectivity index is 1.36. The average molecular weight is 532 g/mol. The first-order valence-electron chi connectivity index (χ1n) is 12.1. The fraction of sp³-hybridized carbons (Fsp3) is 0.423. The molecule has 3 atom stereocenters. The number of rotatable bonds is 10. The minimum absolute atomic E-state index is 0.110. The fourth-order valence-corrected chi connectivity index (χ4v) is 4.94. The number of likely N-dealkylation sites (tertiary alicyclic amines) is 1. The quantitative estimate of drug-likeness (QED) is 0.339. The van der Waals surface area contributed by atoms with Gasteiger partial charge in [-0.2, -0.15) is 0 Å². The first-order valence-corrected chi connectivity index (χ1v) is 12.8. The summed E-state index contributed by atoms with van der Waals surface area (Å²) in [5.74, 6) is 0.0300. The van der Waals surface area contributed by atoms with E-state index < -0.39 is 24.1 Å². The molecule has 190 valence electrons. The molecule has 1 saturated heterocycles. The molecule has 1 aliphatic carbocycles. The molecule has 0 spiro atoms. The van der Waals surface area contributed by atoms with Crippen molar-refractivity contribution in [2.75, 3.05) is 19.6 Å². The number of ether oxygens (including phenoxy) is 1. The first kappa shape index (κ1) is 25.0. The van der Waals surface area contributed by atoms with Gasteiger partial charge < -0.3 is 24.5 Å². The number of aliphatic hydroxyl groups is 1. The number of nitrogens with zero attached hydrogens (tertiary/aromatic N) is 2. The van der Waals surface area contributed by atoms with Crippen LogP contribution in [-0.2, 0) is 4.79 Å². The molecule has 1 amide bonds. The number of halogens is 2. The molecular formula is C26H27Cl2N3O5. The molecule has 1 aromatic heterocycles. The second-order valence-corrected chi connectivity index (χ2v) is 10.3. The molecule has 5 rings (SSSR count). The zero-order chi connectivity index (χ0) is 25.2. The maximum atomic E-state index is 13.2. The van der Waals surface area contributed by atoms with E-state index in [9.17, 15) is 14.8 Å². The van der Waals surface area contributed by atoms with Crippen LogP contribution in [0.4, 0.5) is 0 Å². The Kier molecular flexibility index (Phi) is 7.48. The number of amides is 1. The van der Waals surface area contributed by atoms with E-state index in [0.29, 0.717) is 38.9 Å². The second-order valence-electron chi connectivity index (χ2n) is 9.41. The van der Waals surface area contributed by atoms with E-state index in [0.717, 1.165) is 38.8 Å². The third-order valence-electron chi connectivity index (χ3n) is 6.60. The Hall–Kier alpha value is -2.65. The van der Waals surface area contributed by atoms with Crippen LogP contribution in [0, 0.1) is 4.91 Å². The average Bonchev–Trinajstić information content (AvgIpc) is 3.34. The Morgan fingerprint density at radius 2 is 1.94 bits per heavy atom. The molecule has 2 fully saturated rings. The number of nitrogens with one attached hydrogen (secondary N) is 1. The van der Waals surface area contributed by atoms with Crippen molar-refractivity contribution in [3.8, 4) is 5.75 Å². The number of nitroso groups, excluding NO2 is 1. The molecule has 1 saturated carbocycles. The van der Waals surface area contributed by atoms with E-state index in [1.54, 1.807) is 42.5 Å². The van der Waals surface area contributed by atoms with Gasteiger partial charge in [0.2, 0.25) is 6.04 Å². The Morgan fingerprint density at radius 3 is 2.64 bits per heavy atom. The number of furan rings is 1. The maximum absolute atomic E-state index is 13.2. The molecule has 3 aromatic rings. The largest absolute Gasteiger partial charge is 0.489 e. The summed E-state index contributed by atoms with van der Waals surface area (Å²) >= 11 is 12.5. The van der Waals surface area contributed by atoms with Crippen LogP contribution in [0.3, 0.4) is 0 Å². The van der Waals surface area contributed by atoms with Crippen molar-refractivity contribution in [2.45, 2.75) is 50.0 Å². The zero-order valence-corrected chi connectivity index (χ0v) is 21.0. The van der Waals surface area contributed by atoms with Crippen molar-refractivity contribution in [3.63, 3.8) is 0 Å². The second kappa shape index (κ2) is 10.8. The number of carbonyl (C=O) groups is 1. The standard InChI is InChI=1S/C26H27Cl2N3O5/c27-17-4-8-21-16(11-17)13-23(36-21)24(30-34)26(33)29-20(14-31-9-1-2-10-31)25(32)15-3-7-22(19(28)12-15)35-18-5-6-18/h3-4,7-8,11-13,18,20,24-25,32H,1-2,5-6,9-10,14H2,(H,29,33). The van der Waals surface area contributed by atoms with Crippen LogP contribution < -0.4 is 10.1 Å². The Morgan fingerprint density at radius 1 is 1.17 bits per heavy atom. The van der Waals surface area contributed by atoms with E-state index in [-0.39, 0.29) is 11.9 Å². The lowest BCUT2D eigenvalue weighted by atomic mass is 10.0. The number of fused-ring (bicyclic) bond motifs is 1. The minimum Gasteiger partial charge on any atom is -0.489 e. The SMILES string of the molecule is O=NC(C(=O)NC(CN1CCCC1)C(O)c1ccc(OC2CC2)c(Cl)c1)c1cc2cc(Cl)ccc2o1. The van der Waals surface area contributed by atoms with Crippen LogP contribution in [-0.4, -0.2) is 47.7 Å². The molecule has 3 unspecified atom stereocenters. The van der Waals surface area contributed by atoms with Gasteiger partial charge in [0.1, 0.15) is 23.2 Å². The monoisotopic (exact) mass is 531 g/mol. The molecule has 2 aliphatic rings. The van der Waals surface area contributed by atoms with Crippen molar-refractivity contribution >= 4 is 40.1 Å². The highest BCUT2D eigenvalue weighted by Gasteiger charge is 2.33. The summed E-state index contributed by atoms with van der Waals surface area (Å²) in [6.07, 6.45) is 3.25. The van der Waals surface area contributed by atoms with Gasteiger partial charge in [-0.25, -0.2) is 0 Å². The van der Waals surface area contributed by atoms with E-state index in [1.807, 2.05) is 0 Å². The summed E-state index contributed by atoms with van der Waals surface area (Å²) in [5.41, 5.74) is 1.04. The van der Waals surface area contributed by atoms with E-state index in [4.69, 9.17) is 32.4 Å². The van der Waals surface area contributed by atoms with Crippen LogP contribution in [0.2, 0.25) is 10.0 Å². The van der Waals surface area contributed by atoms with Crippen LogP contribution in [0.5, 0.6) is 5.75 Å². The zero-order valence-electron chi connectivity index (χ0n) is 19.5. The summed E-state index contributed by atoms with van der Waals surface area (Å²) in [7, 11) is 0. The Bertz CT molecular complexity index is 1260. The lowest BCUT2D eigenvalue weighted by molar-refractivity contribution is -0.124. The van der Waals surface area contributed by atoms with Crippen molar-refractivity contribution in [2.24, 2.45) is 5.18 Å². The molecule has 2 heterocycles. The maximum Gasteiger partial charge on any atom is 0.256 e. The normalized spacial score (nSPS) is 18.6. The molecule has 36 heavy (non-hydrogen) atoms. The molecule has 1 aliphatic heterocycles. The molecular weight excluding hydrogens is 505 g/mol. The van der Waals surface area contributed by atoms with Gasteiger partial charge in [-0.05, 0) is 85.9 Å². The summed E-state index contributed by atoms with van der Waals surface area (Å²) in [6, 6.07) is 9.62. The number of benzene rings is 2. The van der Waals surface area contributed by atoms with Crippen molar-refractivity contribution in [1.82, 2.24) is 10.2 Å². The van der Waals surface area contributed by atoms with Gasteiger partial charge in [-0.15, -0.1) is 4.91 Å². The molecule has 2 aromatic carbocycles. The van der Waals surface area contributed by atoms with Crippen molar-refractivity contribution in [1.29, 1.82) is 0 Å². The summed E-state index contributed by atoms with van der Waals surface area (Å²) in [4.78, 5) is 27.1. The van der Waals surface area contributed by atoms with Crippen LogP contribution in [0.25, 0.3) is 11.0 Å². The van der Waals surface area contributed by atoms with Crippen LogP contribution in [0.15, 0.2) is 52.1 Å². The molecule has 10 heteroatoms. The minimum atomic E-state index is -1.41. The number of carbonyl (C=O) groups excluding carboxylic acids is 1. The summed E-state index contributed by atoms with van der Waals surface area (Å²) in [5, 5.41) is 18.7. The third kappa shape index (κ3) is 5.67. The van der Waals surface area contributed by atoms with E-state index in [2.05, 4.69) is 15.4 Å². The van der Waals surface area contributed by atoms with Gasteiger partial charge in [0.25, 0.3) is 5.91 Å². The van der Waals surface area contributed by atoms with Gasteiger partial charge in [-0.3, -0.25) is 4.79 Å². The topological polar surface area (TPSA) is 104 Å². The van der Waals surface area contributed by atoms with Crippen LogP contribution >= 0.6 is 23.2 Å². The highest BCUT2D eigenvalue weighted by molar-refractivity contribution is 6.32. The molecule has 2 N–H and O–H groups in total. The summed E-state index contributed by atoms with van der Waals surface area (Å²) < 4.78 is 11.5. The van der Waals surface area contributed by atoms with Crippen molar-refractivity contribution in [3.05, 3.63) is 68.7 Å². The van der Waals surface area contributed by atoms with Crippen molar-refractivity contribution < 1.29 is 19.1 Å². The fourth-order valence-electron chi connectivity index (χ4n) is 4.52. The molecule has 0 bridgehead atoms. The van der Waals surface area contributed by atoms with Crippen LogP contribution in [0.1, 0.15) is 49.2 Å². The highest BCUT2D eigenvalue weighted by atomic mass is 35.5. The van der Waals surface area contributed by atoms with E-state index in [1.165, 1.54) is 0 Å². The number of hydrogen-bond donors (Lipinski definition) is 2. The third-order valence-corrected chi connectivity index (χ3v) is 7.13. The van der Waals surface area contributed by atoms with Gasteiger partial charge in [0.05, 0.1) is 17.2 Å². The van der Waals surface area contributed by atoms with Gasteiger partial charge in [0, 0.05) is 17.0 Å². The summed E-state index contributed by atoms with van der Waals surface area (Å²) in [6.45, 7) is 2.15. The lowest BCUT2D eigenvalue weighted by Crippen LogP contribution is -2.47. The predicted octanol–water partition coefficient (Wildman–Crippen LogP) is 5.40. The van der Waals surface area contributed by atoms with E-state index >= 15 is 0 Å². The predicted molar refractivity (Wildman–Crippen MR) is 137 cm³/mol. The number of aliphatic hydroxyl groups excluding tert-OH is 1. The Labute approximate surface area is 218 Å². The van der Waals surface area contributed by atoms with Gasteiger partial charge in [-0.1, -0.05) is 29.3 Å². The van der Waals surface area contributed by atoms with Gasteiger partial charge in [0.15, 0.2) is 0 Å². The number of hydrogen-bond acceptors (Lipinski definition) is 7. The first-order chi connectivity index (χ1) is 17.4.